The molecule has 1 amide bonds. The number of carbonyl (C=O) groups excluding carboxylic acids is 1. The molecule has 2 nitrogen and oxygen atoms in total. The standard InChI is InChI=1S/C18H18FNO/c1-13-7-2-3-8-14(13)17-11-6-12-20(17)18(21)15-9-4-5-10-16(15)19/h2-5,7-10,17H,6,11-12H2,1H3. The first kappa shape index (κ1) is 13.8. The van der Waals surface area contributed by atoms with Gasteiger partial charge in [-0.1, -0.05) is 36.4 Å². The van der Waals surface area contributed by atoms with Crippen LogP contribution in [0.4, 0.5) is 4.39 Å². The van der Waals surface area contributed by atoms with Crippen LogP contribution in [0.1, 0.15) is 40.4 Å². The van der Waals surface area contributed by atoms with Crippen LogP contribution < -0.4 is 0 Å². The van der Waals surface area contributed by atoms with Gasteiger partial charge in [0.1, 0.15) is 5.82 Å². The number of likely N-dealkylation sites (tertiary alicyclic amines) is 1. The number of hydrogen-bond donors (Lipinski definition) is 0. The molecule has 21 heavy (non-hydrogen) atoms. The van der Waals surface area contributed by atoms with Crippen LogP contribution >= 0.6 is 0 Å². The minimum atomic E-state index is -0.446. The summed E-state index contributed by atoms with van der Waals surface area (Å²) in [5, 5.41) is 0. The fourth-order valence-electron chi connectivity index (χ4n) is 3.08. The van der Waals surface area contributed by atoms with Gasteiger partial charge in [0, 0.05) is 6.54 Å². The summed E-state index contributed by atoms with van der Waals surface area (Å²) >= 11 is 0. The van der Waals surface area contributed by atoms with Crippen molar-refractivity contribution >= 4 is 5.91 Å². The Hall–Kier alpha value is -2.16. The molecule has 0 radical (unpaired) electrons. The van der Waals surface area contributed by atoms with E-state index in [2.05, 4.69) is 19.1 Å². The lowest BCUT2D eigenvalue weighted by atomic mass is 9.99. The molecule has 0 N–H and O–H groups in total. The van der Waals surface area contributed by atoms with Gasteiger partial charge in [-0.2, -0.15) is 0 Å². The van der Waals surface area contributed by atoms with Crippen molar-refractivity contribution in [3.63, 3.8) is 0 Å². The first-order chi connectivity index (χ1) is 10.2. The molecule has 108 valence electrons. The van der Waals surface area contributed by atoms with Crippen molar-refractivity contribution in [3.05, 3.63) is 71.0 Å². The number of benzene rings is 2. The van der Waals surface area contributed by atoms with Gasteiger partial charge in [-0.15, -0.1) is 0 Å². The van der Waals surface area contributed by atoms with Gasteiger partial charge in [-0.25, -0.2) is 4.39 Å². The molecule has 0 spiro atoms. The van der Waals surface area contributed by atoms with Crippen LogP contribution in [0.15, 0.2) is 48.5 Å². The predicted molar refractivity (Wildman–Crippen MR) is 80.6 cm³/mol. The van der Waals surface area contributed by atoms with Crippen molar-refractivity contribution < 1.29 is 9.18 Å². The summed E-state index contributed by atoms with van der Waals surface area (Å²) in [5.41, 5.74) is 2.51. The Morgan fingerprint density at radius 3 is 2.62 bits per heavy atom. The normalized spacial score (nSPS) is 18.0. The average Bonchev–Trinajstić information content (AvgIpc) is 2.97. The lowest BCUT2D eigenvalue weighted by molar-refractivity contribution is 0.0730. The van der Waals surface area contributed by atoms with Crippen LogP contribution in [0.2, 0.25) is 0 Å². The number of rotatable bonds is 2. The van der Waals surface area contributed by atoms with Crippen LogP contribution in [0.3, 0.4) is 0 Å². The molecule has 3 heteroatoms. The number of amides is 1. The van der Waals surface area contributed by atoms with Crippen molar-refractivity contribution in [3.8, 4) is 0 Å². The fourth-order valence-corrected chi connectivity index (χ4v) is 3.08. The third-order valence-electron chi connectivity index (χ3n) is 4.17. The highest BCUT2D eigenvalue weighted by Crippen LogP contribution is 2.34. The summed E-state index contributed by atoms with van der Waals surface area (Å²) in [5.74, 6) is -0.656. The summed E-state index contributed by atoms with van der Waals surface area (Å²) in [7, 11) is 0. The SMILES string of the molecule is Cc1ccccc1C1CCCN1C(=O)c1ccccc1F. The monoisotopic (exact) mass is 283 g/mol. The molecule has 1 atom stereocenters. The highest BCUT2D eigenvalue weighted by molar-refractivity contribution is 5.95. The zero-order chi connectivity index (χ0) is 14.8. The van der Waals surface area contributed by atoms with Gasteiger partial charge in [-0.3, -0.25) is 4.79 Å². The summed E-state index contributed by atoms with van der Waals surface area (Å²) in [6.07, 6.45) is 1.89. The molecular formula is C18H18FNO. The molecule has 0 bridgehead atoms. The molecule has 1 heterocycles. The van der Waals surface area contributed by atoms with E-state index in [1.807, 2.05) is 12.1 Å². The first-order valence-corrected chi connectivity index (χ1v) is 7.29. The van der Waals surface area contributed by atoms with Crippen LogP contribution in [0.5, 0.6) is 0 Å². The molecule has 0 saturated carbocycles. The number of nitrogens with zero attached hydrogens (tertiary/aromatic N) is 1. The van der Waals surface area contributed by atoms with Crippen LogP contribution in [-0.2, 0) is 0 Å². The van der Waals surface area contributed by atoms with Gasteiger partial charge in [0.2, 0.25) is 0 Å². The van der Waals surface area contributed by atoms with Crippen molar-refractivity contribution in [2.45, 2.75) is 25.8 Å². The smallest absolute Gasteiger partial charge is 0.257 e. The second kappa shape index (κ2) is 5.68. The Bertz CT molecular complexity index is 668. The Kier molecular flexibility index (Phi) is 3.74. The lowest BCUT2D eigenvalue weighted by Gasteiger charge is -2.26. The molecule has 3 rings (SSSR count). The lowest BCUT2D eigenvalue weighted by Crippen LogP contribution is -2.31. The third kappa shape index (κ3) is 2.56. The van der Waals surface area contributed by atoms with E-state index in [0.29, 0.717) is 6.54 Å². The number of aryl methyl sites for hydroxylation is 1. The van der Waals surface area contributed by atoms with Crippen LogP contribution in [-0.4, -0.2) is 17.4 Å². The van der Waals surface area contributed by atoms with E-state index in [1.165, 1.54) is 17.2 Å². The fraction of sp³-hybridized carbons (Fsp3) is 0.278. The number of hydrogen-bond acceptors (Lipinski definition) is 1. The second-order valence-corrected chi connectivity index (χ2v) is 5.49. The molecular weight excluding hydrogens is 265 g/mol. The van der Waals surface area contributed by atoms with E-state index in [4.69, 9.17) is 0 Å². The van der Waals surface area contributed by atoms with E-state index in [-0.39, 0.29) is 17.5 Å². The summed E-state index contributed by atoms with van der Waals surface area (Å²) in [4.78, 5) is 14.5. The minimum Gasteiger partial charge on any atom is -0.332 e. The number of halogens is 1. The molecule has 0 aromatic heterocycles. The largest absolute Gasteiger partial charge is 0.332 e. The maximum Gasteiger partial charge on any atom is 0.257 e. The van der Waals surface area contributed by atoms with E-state index < -0.39 is 5.82 Å². The Morgan fingerprint density at radius 1 is 1.14 bits per heavy atom. The quantitative estimate of drug-likeness (QED) is 0.812. The molecule has 2 aromatic carbocycles. The second-order valence-electron chi connectivity index (χ2n) is 5.49. The highest BCUT2D eigenvalue weighted by atomic mass is 19.1. The summed E-state index contributed by atoms with van der Waals surface area (Å²) in [6.45, 7) is 2.74. The molecule has 1 aliphatic heterocycles. The molecule has 2 aromatic rings. The molecule has 1 aliphatic rings. The van der Waals surface area contributed by atoms with Gasteiger partial charge in [0.05, 0.1) is 11.6 Å². The molecule has 0 aliphatic carbocycles. The van der Waals surface area contributed by atoms with Crippen molar-refractivity contribution in [2.75, 3.05) is 6.54 Å². The maximum absolute atomic E-state index is 13.9. The zero-order valence-electron chi connectivity index (χ0n) is 12.1. The van der Waals surface area contributed by atoms with Crippen LogP contribution in [0.25, 0.3) is 0 Å². The zero-order valence-corrected chi connectivity index (χ0v) is 12.1. The minimum absolute atomic E-state index is 0.0540. The highest BCUT2D eigenvalue weighted by Gasteiger charge is 2.32. The summed E-state index contributed by atoms with van der Waals surface area (Å²) in [6, 6.07) is 14.4. The van der Waals surface area contributed by atoms with Gasteiger partial charge in [0.15, 0.2) is 0 Å². The van der Waals surface area contributed by atoms with Gasteiger partial charge in [0.25, 0.3) is 5.91 Å². The van der Waals surface area contributed by atoms with E-state index in [1.54, 1.807) is 23.1 Å². The van der Waals surface area contributed by atoms with Crippen molar-refractivity contribution in [1.29, 1.82) is 0 Å². The Morgan fingerprint density at radius 2 is 1.86 bits per heavy atom. The van der Waals surface area contributed by atoms with Crippen molar-refractivity contribution in [1.82, 2.24) is 4.90 Å². The van der Waals surface area contributed by atoms with E-state index in [9.17, 15) is 9.18 Å². The first-order valence-electron chi connectivity index (χ1n) is 7.29. The molecule has 1 unspecified atom stereocenters. The topological polar surface area (TPSA) is 20.3 Å². The third-order valence-corrected chi connectivity index (χ3v) is 4.17. The van der Waals surface area contributed by atoms with Crippen molar-refractivity contribution in [2.24, 2.45) is 0 Å². The van der Waals surface area contributed by atoms with E-state index in [0.717, 1.165) is 12.8 Å². The Balaban J connectivity index is 1.93. The van der Waals surface area contributed by atoms with E-state index >= 15 is 0 Å². The average molecular weight is 283 g/mol. The summed E-state index contributed by atoms with van der Waals surface area (Å²) < 4.78 is 13.9. The maximum atomic E-state index is 13.9. The van der Waals surface area contributed by atoms with Gasteiger partial charge in [-0.05, 0) is 43.0 Å². The van der Waals surface area contributed by atoms with Gasteiger partial charge >= 0.3 is 0 Å². The molecule has 1 fully saturated rings. The Labute approximate surface area is 124 Å². The van der Waals surface area contributed by atoms with Crippen LogP contribution in [0, 0.1) is 12.7 Å². The predicted octanol–water partition coefficient (Wildman–Crippen LogP) is 4.11. The van der Waals surface area contributed by atoms with Gasteiger partial charge < -0.3 is 4.90 Å². The molecule has 1 saturated heterocycles. The number of carbonyl (C=O) groups is 1.